The van der Waals surface area contributed by atoms with Gasteiger partial charge in [-0.2, -0.15) is 0 Å². The molecule has 0 fully saturated rings. The second-order valence-corrected chi connectivity index (χ2v) is 10.1. The minimum atomic E-state index is -3.98. The normalized spacial score (nSPS) is 11.1. The molecule has 0 atom stereocenters. The summed E-state index contributed by atoms with van der Waals surface area (Å²) in [5.74, 6) is 0.120. The van der Waals surface area contributed by atoms with Gasteiger partial charge in [0, 0.05) is 9.26 Å². The minimum Gasteiger partial charge on any atom is -0.497 e. The van der Waals surface area contributed by atoms with E-state index in [0.717, 1.165) is 19.0 Å². The zero-order valence-corrected chi connectivity index (χ0v) is 20.4. The number of hydrogen-bond donors (Lipinski definition) is 1. The molecular formula is C23H23IN2O4S. The van der Waals surface area contributed by atoms with Gasteiger partial charge in [-0.25, -0.2) is 8.42 Å². The van der Waals surface area contributed by atoms with E-state index in [-0.39, 0.29) is 11.4 Å². The monoisotopic (exact) mass is 550 g/mol. The first-order valence-electron chi connectivity index (χ1n) is 9.50. The van der Waals surface area contributed by atoms with Crippen LogP contribution in [0.15, 0.2) is 71.6 Å². The summed E-state index contributed by atoms with van der Waals surface area (Å²) in [5.41, 5.74) is 2.96. The molecule has 0 bridgehead atoms. The lowest BCUT2D eigenvalue weighted by molar-refractivity contribution is -0.114. The maximum Gasteiger partial charge on any atom is 0.264 e. The van der Waals surface area contributed by atoms with Crippen molar-refractivity contribution in [1.82, 2.24) is 0 Å². The molecule has 3 aromatic carbocycles. The Balaban J connectivity index is 1.94. The molecule has 1 amide bonds. The second kappa shape index (κ2) is 9.69. The Morgan fingerprint density at radius 1 is 1.00 bits per heavy atom. The van der Waals surface area contributed by atoms with Crippen molar-refractivity contribution in [3.05, 3.63) is 81.4 Å². The van der Waals surface area contributed by atoms with Crippen LogP contribution in [0.1, 0.15) is 11.1 Å². The average molecular weight is 550 g/mol. The maximum absolute atomic E-state index is 13.4. The highest BCUT2D eigenvalue weighted by molar-refractivity contribution is 14.1. The smallest absolute Gasteiger partial charge is 0.264 e. The van der Waals surface area contributed by atoms with Crippen LogP contribution in [-0.2, 0) is 14.8 Å². The van der Waals surface area contributed by atoms with Gasteiger partial charge in [-0.05, 0) is 96.6 Å². The number of ether oxygens (including phenoxy) is 1. The van der Waals surface area contributed by atoms with Gasteiger partial charge in [0.2, 0.25) is 5.91 Å². The Kier molecular flexibility index (Phi) is 7.22. The molecule has 0 radical (unpaired) electrons. The molecule has 0 aliphatic carbocycles. The molecule has 162 valence electrons. The number of nitrogens with zero attached hydrogens (tertiary/aromatic N) is 1. The highest BCUT2D eigenvalue weighted by Gasteiger charge is 2.27. The van der Waals surface area contributed by atoms with Crippen molar-refractivity contribution < 1.29 is 17.9 Å². The fourth-order valence-corrected chi connectivity index (χ4v) is 5.06. The molecule has 0 saturated heterocycles. The zero-order valence-electron chi connectivity index (χ0n) is 17.4. The predicted molar refractivity (Wildman–Crippen MR) is 131 cm³/mol. The molecule has 6 nitrogen and oxygen atoms in total. The summed E-state index contributed by atoms with van der Waals surface area (Å²) < 4.78 is 34.1. The van der Waals surface area contributed by atoms with E-state index in [4.69, 9.17) is 4.74 Å². The molecule has 0 aliphatic heterocycles. The Morgan fingerprint density at radius 2 is 1.65 bits per heavy atom. The van der Waals surface area contributed by atoms with Gasteiger partial charge < -0.3 is 10.1 Å². The number of amides is 1. The summed E-state index contributed by atoms with van der Waals surface area (Å²) >= 11 is 2.20. The van der Waals surface area contributed by atoms with Crippen LogP contribution in [0.4, 0.5) is 11.4 Å². The van der Waals surface area contributed by atoms with E-state index < -0.39 is 15.9 Å². The van der Waals surface area contributed by atoms with Gasteiger partial charge in [-0.3, -0.25) is 9.10 Å². The lowest BCUT2D eigenvalue weighted by atomic mass is 10.2. The third-order valence-electron chi connectivity index (χ3n) is 4.72. The van der Waals surface area contributed by atoms with Crippen molar-refractivity contribution in [2.45, 2.75) is 18.7 Å². The Labute approximate surface area is 196 Å². The SMILES string of the molecule is COc1ccc(S(=O)(=O)N(CC(=O)Nc2ccc(I)cc2C)c2ccc(C)cc2)cc1. The van der Waals surface area contributed by atoms with E-state index in [0.29, 0.717) is 17.1 Å². The van der Waals surface area contributed by atoms with Crippen molar-refractivity contribution in [3.8, 4) is 5.75 Å². The van der Waals surface area contributed by atoms with Crippen LogP contribution >= 0.6 is 22.6 Å². The number of anilines is 2. The molecule has 0 aromatic heterocycles. The molecule has 8 heteroatoms. The van der Waals surface area contributed by atoms with Crippen LogP contribution in [0.5, 0.6) is 5.75 Å². The van der Waals surface area contributed by atoms with Crippen LogP contribution in [0.3, 0.4) is 0 Å². The third kappa shape index (κ3) is 5.56. The third-order valence-corrected chi connectivity index (χ3v) is 7.18. The Bertz CT molecular complexity index is 1180. The fraction of sp³-hybridized carbons (Fsp3) is 0.174. The van der Waals surface area contributed by atoms with E-state index in [1.807, 2.05) is 44.2 Å². The molecule has 0 unspecified atom stereocenters. The minimum absolute atomic E-state index is 0.0760. The quantitative estimate of drug-likeness (QED) is 0.431. The van der Waals surface area contributed by atoms with Crippen LogP contribution < -0.4 is 14.4 Å². The summed E-state index contributed by atoms with van der Waals surface area (Å²) in [5, 5.41) is 2.82. The molecule has 0 heterocycles. The van der Waals surface area contributed by atoms with Crippen LogP contribution in [0.2, 0.25) is 0 Å². The van der Waals surface area contributed by atoms with Gasteiger partial charge >= 0.3 is 0 Å². The largest absolute Gasteiger partial charge is 0.497 e. The predicted octanol–water partition coefficient (Wildman–Crippen LogP) is 4.75. The fourth-order valence-electron chi connectivity index (χ4n) is 2.99. The summed E-state index contributed by atoms with van der Waals surface area (Å²) in [4.78, 5) is 12.9. The molecule has 1 N–H and O–H groups in total. The van der Waals surface area contributed by atoms with E-state index in [1.165, 1.54) is 19.2 Å². The molecule has 0 spiro atoms. The van der Waals surface area contributed by atoms with Crippen LogP contribution in [0.25, 0.3) is 0 Å². The van der Waals surface area contributed by atoms with Crippen LogP contribution in [0, 0.1) is 17.4 Å². The van der Waals surface area contributed by atoms with Gasteiger partial charge in [-0.1, -0.05) is 17.7 Å². The number of hydrogen-bond acceptors (Lipinski definition) is 4. The lowest BCUT2D eigenvalue weighted by Crippen LogP contribution is -2.38. The molecule has 3 rings (SSSR count). The topological polar surface area (TPSA) is 75.7 Å². The number of carbonyl (C=O) groups is 1. The van der Waals surface area contributed by atoms with Crippen molar-refractivity contribution >= 4 is 49.9 Å². The number of sulfonamides is 1. The van der Waals surface area contributed by atoms with Crippen LogP contribution in [-0.4, -0.2) is 28.0 Å². The lowest BCUT2D eigenvalue weighted by Gasteiger charge is -2.24. The van der Waals surface area contributed by atoms with E-state index in [1.54, 1.807) is 24.3 Å². The number of halogens is 1. The summed E-state index contributed by atoms with van der Waals surface area (Å²) in [6.07, 6.45) is 0. The first-order chi connectivity index (χ1) is 14.7. The van der Waals surface area contributed by atoms with Gasteiger partial charge in [0.25, 0.3) is 10.0 Å². The number of carbonyl (C=O) groups excluding carboxylic acids is 1. The van der Waals surface area contributed by atoms with Gasteiger partial charge in [0.15, 0.2) is 0 Å². The molecular weight excluding hydrogens is 527 g/mol. The van der Waals surface area contributed by atoms with E-state index >= 15 is 0 Å². The summed E-state index contributed by atoms with van der Waals surface area (Å²) in [7, 11) is -2.47. The van der Waals surface area contributed by atoms with Gasteiger partial charge in [0.05, 0.1) is 17.7 Å². The van der Waals surface area contributed by atoms with Gasteiger partial charge in [-0.15, -0.1) is 0 Å². The number of aryl methyl sites for hydroxylation is 2. The van der Waals surface area contributed by atoms with E-state index in [2.05, 4.69) is 27.9 Å². The summed E-state index contributed by atoms with van der Waals surface area (Å²) in [6.45, 7) is 3.45. The maximum atomic E-state index is 13.4. The van der Waals surface area contributed by atoms with Crippen molar-refractivity contribution in [3.63, 3.8) is 0 Å². The number of benzene rings is 3. The zero-order chi connectivity index (χ0) is 22.6. The average Bonchev–Trinajstić information content (AvgIpc) is 2.75. The highest BCUT2D eigenvalue weighted by atomic mass is 127. The standard InChI is InChI=1S/C23H23IN2O4S/c1-16-4-7-19(8-5-16)26(31(28,29)21-11-9-20(30-3)10-12-21)15-23(27)25-22-13-6-18(24)14-17(22)2/h4-14H,15H2,1-3H3,(H,25,27). The molecule has 3 aromatic rings. The summed E-state index contributed by atoms with van der Waals surface area (Å²) in [6, 6.07) is 18.7. The Morgan fingerprint density at radius 3 is 2.23 bits per heavy atom. The van der Waals surface area contributed by atoms with Crippen molar-refractivity contribution in [1.29, 1.82) is 0 Å². The van der Waals surface area contributed by atoms with Crippen molar-refractivity contribution in [2.24, 2.45) is 0 Å². The number of rotatable bonds is 7. The Hall–Kier alpha value is -2.59. The van der Waals surface area contributed by atoms with Crippen molar-refractivity contribution in [2.75, 3.05) is 23.3 Å². The number of nitrogens with one attached hydrogen (secondary N) is 1. The highest BCUT2D eigenvalue weighted by Crippen LogP contribution is 2.26. The number of methoxy groups -OCH3 is 1. The second-order valence-electron chi connectivity index (χ2n) is 7.03. The molecule has 0 aliphatic rings. The molecule has 31 heavy (non-hydrogen) atoms. The first-order valence-corrected chi connectivity index (χ1v) is 12.0. The van der Waals surface area contributed by atoms with E-state index in [9.17, 15) is 13.2 Å². The van der Waals surface area contributed by atoms with Gasteiger partial charge in [0.1, 0.15) is 12.3 Å². The molecule has 0 saturated carbocycles. The first kappa shape index (κ1) is 23.1.